The van der Waals surface area contributed by atoms with E-state index >= 15 is 0 Å². The Bertz CT molecular complexity index is 353. The number of likely N-dealkylation sites (N-methyl/N-ethyl adjacent to an activating group) is 1. The molecule has 0 saturated carbocycles. The van der Waals surface area contributed by atoms with Crippen LogP contribution in [-0.4, -0.2) is 25.6 Å². The van der Waals surface area contributed by atoms with Crippen molar-refractivity contribution in [2.24, 2.45) is 0 Å². The van der Waals surface area contributed by atoms with Crippen LogP contribution in [0, 0.1) is 0 Å². The molecule has 2 N–H and O–H groups in total. The first-order chi connectivity index (χ1) is 8.27. The van der Waals surface area contributed by atoms with Crippen molar-refractivity contribution in [3.63, 3.8) is 0 Å². The largest absolute Gasteiger partial charge is 0.377 e. The Morgan fingerprint density at radius 1 is 1.29 bits per heavy atom. The quantitative estimate of drug-likeness (QED) is 0.758. The molecule has 94 valence electrons. The first-order valence-corrected chi connectivity index (χ1v) is 5.94. The molecule has 1 amide bonds. The molecule has 0 atom stereocenters. The van der Waals surface area contributed by atoms with Crippen molar-refractivity contribution < 1.29 is 9.53 Å². The van der Waals surface area contributed by atoms with Gasteiger partial charge in [0, 0.05) is 17.9 Å². The molecule has 0 aliphatic rings. The van der Waals surface area contributed by atoms with Crippen molar-refractivity contribution >= 4 is 11.6 Å². The Balaban J connectivity index is 2.59. The summed E-state index contributed by atoms with van der Waals surface area (Å²) < 4.78 is 5.36. The summed E-state index contributed by atoms with van der Waals surface area (Å²) in [5.74, 6) is -0.0317. The van der Waals surface area contributed by atoms with Crippen LogP contribution in [0.4, 0.5) is 5.69 Å². The van der Waals surface area contributed by atoms with Crippen LogP contribution in [-0.2, 0) is 16.1 Å². The standard InChI is InChI=1S/C13H20N2O2/c1-3-14-9-13(16)15-12-8-6-5-7-11(12)10-17-4-2/h5-8,14H,3-4,9-10H2,1-2H3,(H,15,16). The van der Waals surface area contributed by atoms with Crippen LogP contribution in [0.5, 0.6) is 0 Å². The molecule has 0 bridgehead atoms. The third-order valence-corrected chi connectivity index (χ3v) is 2.29. The molecule has 1 aromatic carbocycles. The average molecular weight is 236 g/mol. The van der Waals surface area contributed by atoms with E-state index in [1.807, 2.05) is 38.1 Å². The third-order valence-electron chi connectivity index (χ3n) is 2.29. The van der Waals surface area contributed by atoms with Gasteiger partial charge >= 0.3 is 0 Å². The van der Waals surface area contributed by atoms with E-state index in [0.717, 1.165) is 17.8 Å². The van der Waals surface area contributed by atoms with E-state index < -0.39 is 0 Å². The summed E-state index contributed by atoms with van der Waals surface area (Å²) in [6.07, 6.45) is 0. The minimum atomic E-state index is -0.0317. The lowest BCUT2D eigenvalue weighted by molar-refractivity contribution is -0.115. The van der Waals surface area contributed by atoms with Gasteiger partial charge in [0.25, 0.3) is 0 Å². The maximum Gasteiger partial charge on any atom is 0.238 e. The molecular formula is C13H20N2O2. The van der Waals surface area contributed by atoms with Crippen molar-refractivity contribution in [3.8, 4) is 0 Å². The molecule has 4 nitrogen and oxygen atoms in total. The van der Waals surface area contributed by atoms with Gasteiger partial charge in [0.1, 0.15) is 0 Å². The van der Waals surface area contributed by atoms with Crippen molar-refractivity contribution in [1.29, 1.82) is 0 Å². The summed E-state index contributed by atoms with van der Waals surface area (Å²) >= 11 is 0. The second kappa shape index (κ2) is 7.81. The monoisotopic (exact) mass is 236 g/mol. The summed E-state index contributed by atoms with van der Waals surface area (Å²) in [6, 6.07) is 7.68. The molecule has 0 saturated heterocycles. The number of benzene rings is 1. The summed E-state index contributed by atoms with van der Waals surface area (Å²) in [5, 5.41) is 5.86. The molecule has 0 fully saturated rings. The number of hydrogen-bond donors (Lipinski definition) is 2. The van der Waals surface area contributed by atoms with Crippen LogP contribution in [0.1, 0.15) is 19.4 Å². The number of nitrogens with one attached hydrogen (secondary N) is 2. The van der Waals surface area contributed by atoms with Crippen molar-refractivity contribution in [3.05, 3.63) is 29.8 Å². The van der Waals surface area contributed by atoms with Gasteiger partial charge in [0.2, 0.25) is 5.91 Å². The maximum absolute atomic E-state index is 11.6. The van der Waals surface area contributed by atoms with Crippen molar-refractivity contribution in [1.82, 2.24) is 5.32 Å². The van der Waals surface area contributed by atoms with Gasteiger partial charge in [-0.1, -0.05) is 25.1 Å². The topological polar surface area (TPSA) is 50.4 Å². The molecule has 0 unspecified atom stereocenters. The van der Waals surface area contributed by atoms with E-state index in [1.54, 1.807) is 0 Å². The minimum Gasteiger partial charge on any atom is -0.377 e. The van der Waals surface area contributed by atoms with E-state index in [1.165, 1.54) is 0 Å². The second-order valence-electron chi connectivity index (χ2n) is 3.62. The third kappa shape index (κ3) is 4.97. The summed E-state index contributed by atoms with van der Waals surface area (Å²) in [5.41, 5.74) is 1.82. The number of carbonyl (C=O) groups is 1. The summed E-state index contributed by atoms with van der Waals surface area (Å²) in [4.78, 5) is 11.6. The lowest BCUT2D eigenvalue weighted by Gasteiger charge is -2.11. The van der Waals surface area contributed by atoms with E-state index in [2.05, 4.69) is 10.6 Å². The SMILES string of the molecule is CCNCC(=O)Nc1ccccc1COCC. The van der Waals surface area contributed by atoms with Crippen LogP contribution in [0.3, 0.4) is 0 Å². The zero-order valence-electron chi connectivity index (χ0n) is 10.5. The Labute approximate surface area is 102 Å². The molecule has 1 aromatic rings. The Kier molecular flexibility index (Phi) is 6.29. The highest BCUT2D eigenvalue weighted by molar-refractivity contribution is 5.92. The number of ether oxygens (including phenoxy) is 1. The van der Waals surface area contributed by atoms with Gasteiger partial charge in [-0.25, -0.2) is 0 Å². The zero-order chi connectivity index (χ0) is 12.5. The highest BCUT2D eigenvalue weighted by Crippen LogP contribution is 2.15. The second-order valence-corrected chi connectivity index (χ2v) is 3.62. The number of amides is 1. The molecule has 0 heterocycles. The normalized spacial score (nSPS) is 10.2. The average Bonchev–Trinajstić information content (AvgIpc) is 2.35. The number of carbonyl (C=O) groups excluding carboxylic acids is 1. The van der Waals surface area contributed by atoms with Crippen LogP contribution in [0.25, 0.3) is 0 Å². The van der Waals surface area contributed by atoms with E-state index in [-0.39, 0.29) is 5.91 Å². The van der Waals surface area contributed by atoms with Crippen LogP contribution < -0.4 is 10.6 Å². The number of rotatable bonds is 7. The van der Waals surface area contributed by atoms with Crippen LogP contribution in [0.15, 0.2) is 24.3 Å². The first-order valence-electron chi connectivity index (χ1n) is 5.94. The van der Waals surface area contributed by atoms with Gasteiger partial charge in [0.05, 0.1) is 13.2 Å². The van der Waals surface area contributed by atoms with Gasteiger partial charge < -0.3 is 15.4 Å². The van der Waals surface area contributed by atoms with E-state index in [4.69, 9.17) is 4.74 Å². The molecule has 0 spiro atoms. The van der Waals surface area contributed by atoms with Gasteiger partial charge in [-0.15, -0.1) is 0 Å². The predicted molar refractivity (Wildman–Crippen MR) is 68.9 cm³/mol. The molecular weight excluding hydrogens is 216 g/mol. The van der Waals surface area contributed by atoms with Crippen molar-refractivity contribution in [2.75, 3.05) is 25.0 Å². The van der Waals surface area contributed by atoms with Gasteiger partial charge in [0.15, 0.2) is 0 Å². The summed E-state index contributed by atoms with van der Waals surface area (Å²) in [6.45, 7) is 6.23. The first kappa shape index (κ1) is 13.7. The fraction of sp³-hybridized carbons (Fsp3) is 0.462. The minimum absolute atomic E-state index is 0.0317. The fourth-order valence-electron chi connectivity index (χ4n) is 1.41. The van der Waals surface area contributed by atoms with Crippen molar-refractivity contribution in [2.45, 2.75) is 20.5 Å². The molecule has 0 aliphatic carbocycles. The number of anilines is 1. The Hall–Kier alpha value is -1.39. The lowest BCUT2D eigenvalue weighted by Crippen LogP contribution is -2.28. The molecule has 0 aromatic heterocycles. The van der Waals surface area contributed by atoms with Gasteiger partial charge in [-0.2, -0.15) is 0 Å². The molecule has 17 heavy (non-hydrogen) atoms. The number of para-hydroxylation sites is 1. The zero-order valence-corrected chi connectivity index (χ0v) is 10.5. The van der Waals surface area contributed by atoms with E-state index in [9.17, 15) is 4.79 Å². The van der Waals surface area contributed by atoms with Crippen LogP contribution >= 0.6 is 0 Å². The van der Waals surface area contributed by atoms with Gasteiger partial charge in [-0.3, -0.25) is 4.79 Å². The Morgan fingerprint density at radius 3 is 2.76 bits per heavy atom. The molecule has 4 heteroatoms. The molecule has 1 rings (SSSR count). The fourth-order valence-corrected chi connectivity index (χ4v) is 1.41. The molecule has 0 aliphatic heterocycles. The molecule has 0 radical (unpaired) electrons. The highest BCUT2D eigenvalue weighted by atomic mass is 16.5. The van der Waals surface area contributed by atoms with E-state index in [0.29, 0.717) is 19.8 Å². The maximum atomic E-state index is 11.6. The summed E-state index contributed by atoms with van der Waals surface area (Å²) in [7, 11) is 0. The van der Waals surface area contributed by atoms with Gasteiger partial charge in [-0.05, 0) is 19.5 Å². The number of hydrogen-bond acceptors (Lipinski definition) is 3. The predicted octanol–water partition coefficient (Wildman–Crippen LogP) is 1.77. The smallest absolute Gasteiger partial charge is 0.238 e. The highest BCUT2D eigenvalue weighted by Gasteiger charge is 2.05. The lowest BCUT2D eigenvalue weighted by atomic mass is 10.2. The van der Waals surface area contributed by atoms with Crippen LogP contribution in [0.2, 0.25) is 0 Å². The Morgan fingerprint density at radius 2 is 2.06 bits per heavy atom.